The maximum absolute atomic E-state index is 13.4. The molecule has 0 aliphatic heterocycles. The lowest BCUT2D eigenvalue weighted by Crippen LogP contribution is -2.17. The molecule has 0 bridgehead atoms. The minimum absolute atomic E-state index is 0.0250. The van der Waals surface area contributed by atoms with Crippen molar-refractivity contribution in [1.29, 1.82) is 0 Å². The molecule has 0 radical (unpaired) electrons. The first-order chi connectivity index (χ1) is 10.5. The number of anilines is 2. The van der Waals surface area contributed by atoms with Gasteiger partial charge < -0.3 is 10.6 Å². The lowest BCUT2D eigenvalue weighted by atomic mass is 10.2. The van der Waals surface area contributed by atoms with E-state index < -0.39 is 23.4 Å². The van der Waals surface area contributed by atoms with Crippen LogP contribution in [0.1, 0.15) is 6.42 Å². The summed E-state index contributed by atoms with van der Waals surface area (Å²) in [5.41, 5.74) is 0.0635. The fourth-order valence-corrected chi connectivity index (χ4v) is 1.95. The van der Waals surface area contributed by atoms with Crippen LogP contribution in [0.2, 0.25) is 5.02 Å². The van der Waals surface area contributed by atoms with Crippen LogP contribution in [0.4, 0.5) is 24.5 Å². The molecule has 116 valence electrons. The van der Waals surface area contributed by atoms with Crippen LogP contribution in [-0.2, 0) is 4.79 Å². The standard InChI is InChI=1S/C15H12ClF3N2O/c16-10-8-9(4-5-11(10)17)21-14(22)6-7-20-15-12(18)2-1-3-13(15)19/h1-5,8,20H,6-7H2,(H,21,22). The van der Waals surface area contributed by atoms with Gasteiger partial charge in [-0.3, -0.25) is 4.79 Å². The molecule has 0 heterocycles. The van der Waals surface area contributed by atoms with E-state index in [0.717, 1.165) is 18.2 Å². The third kappa shape index (κ3) is 4.14. The summed E-state index contributed by atoms with van der Waals surface area (Å²) in [5, 5.41) is 4.92. The van der Waals surface area contributed by atoms with E-state index in [1.807, 2.05) is 0 Å². The number of hydrogen-bond acceptors (Lipinski definition) is 2. The van der Waals surface area contributed by atoms with Crippen LogP contribution in [0, 0.1) is 17.5 Å². The monoisotopic (exact) mass is 328 g/mol. The first kappa shape index (κ1) is 16.2. The Morgan fingerprint density at radius 3 is 2.36 bits per heavy atom. The van der Waals surface area contributed by atoms with Crippen LogP contribution < -0.4 is 10.6 Å². The second kappa shape index (κ2) is 7.17. The van der Waals surface area contributed by atoms with Gasteiger partial charge in [0.1, 0.15) is 23.1 Å². The lowest BCUT2D eigenvalue weighted by Gasteiger charge is -2.09. The average Bonchev–Trinajstić information content (AvgIpc) is 2.46. The van der Waals surface area contributed by atoms with E-state index >= 15 is 0 Å². The van der Waals surface area contributed by atoms with E-state index in [1.165, 1.54) is 18.2 Å². The topological polar surface area (TPSA) is 41.1 Å². The molecule has 0 aliphatic rings. The van der Waals surface area contributed by atoms with Gasteiger partial charge in [0.15, 0.2) is 0 Å². The molecule has 2 rings (SSSR count). The van der Waals surface area contributed by atoms with Crippen molar-refractivity contribution in [3.8, 4) is 0 Å². The highest BCUT2D eigenvalue weighted by atomic mass is 35.5. The number of hydrogen-bond donors (Lipinski definition) is 2. The Kier molecular flexibility index (Phi) is 5.27. The largest absolute Gasteiger partial charge is 0.380 e. The van der Waals surface area contributed by atoms with Gasteiger partial charge in [-0.1, -0.05) is 17.7 Å². The minimum atomic E-state index is -0.731. The third-order valence-corrected chi connectivity index (χ3v) is 3.11. The summed E-state index contributed by atoms with van der Waals surface area (Å²) < 4.78 is 39.7. The van der Waals surface area contributed by atoms with Crippen molar-refractivity contribution >= 4 is 28.9 Å². The molecule has 0 unspecified atom stereocenters. The summed E-state index contributed by atoms with van der Waals surface area (Å²) in [6, 6.07) is 7.26. The zero-order valence-corrected chi connectivity index (χ0v) is 12.1. The molecule has 0 fully saturated rings. The van der Waals surface area contributed by atoms with Gasteiger partial charge in [0, 0.05) is 18.7 Å². The van der Waals surface area contributed by atoms with Crippen molar-refractivity contribution in [3.63, 3.8) is 0 Å². The Bertz CT molecular complexity index is 674. The lowest BCUT2D eigenvalue weighted by molar-refractivity contribution is -0.115. The van der Waals surface area contributed by atoms with Crippen LogP contribution in [0.3, 0.4) is 0 Å². The fraction of sp³-hybridized carbons (Fsp3) is 0.133. The number of carbonyl (C=O) groups is 1. The zero-order valence-electron chi connectivity index (χ0n) is 11.3. The Morgan fingerprint density at radius 1 is 1.05 bits per heavy atom. The van der Waals surface area contributed by atoms with Crippen LogP contribution >= 0.6 is 11.6 Å². The van der Waals surface area contributed by atoms with Crippen molar-refractivity contribution < 1.29 is 18.0 Å². The van der Waals surface area contributed by atoms with Gasteiger partial charge in [-0.05, 0) is 30.3 Å². The average molecular weight is 329 g/mol. The van der Waals surface area contributed by atoms with Crippen molar-refractivity contribution in [1.82, 2.24) is 0 Å². The molecular weight excluding hydrogens is 317 g/mol. The first-order valence-electron chi connectivity index (χ1n) is 6.40. The summed E-state index contributed by atoms with van der Waals surface area (Å²) >= 11 is 5.59. The molecule has 2 aromatic rings. The predicted octanol–water partition coefficient (Wildman–Crippen LogP) is 4.20. The molecule has 0 atom stereocenters. The molecule has 7 heteroatoms. The minimum Gasteiger partial charge on any atom is -0.380 e. The molecule has 0 aromatic heterocycles. The number of para-hydroxylation sites is 1. The molecule has 2 N–H and O–H groups in total. The van der Waals surface area contributed by atoms with E-state index in [0.29, 0.717) is 5.69 Å². The van der Waals surface area contributed by atoms with E-state index in [4.69, 9.17) is 11.6 Å². The highest BCUT2D eigenvalue weighted by molar-refractivity contribution is 6.31. The van der Waals surface area contributed by atoms with Crippen molar-refractivity contribution in [2.45, 2.75) is 6.42 Å². The molecule has 0 saturated carbocycles. The predicted molar refractivity (Wildman–Crippen MR) is 79.5 cm³/mol. The van der Waals surface area contributed by atoms with Crippen LogP contribution in [0.5, 0.6) is 0 Å². The van der Waals surface area contributed by atoms with Gasteiger partial charge in [0.05, 0.1) is 5.02 Å². The van der Waals surface area contributed by atoms with Crippen LogP contribution in [0.25, 0.3) is 0 Å². The maximum Gasteiger partial charge on any atom is 0.226 e. The third-order valence-electron chi connectivity index (χ3n) is 2.82. The summed E-state index contributed by atoms with van der Waals surface area (Å²) in [7, 11) is 0. The summed E-state index contributed by atoms with van der Waals surface area (Å²) in [6.07, 6.45) is -0.0250. The number of benzene rings is 2. The Balaban J connectivity index is 1.86. The number of carbonyl (C=O) groups excluding carboxylic acids is 1. The van der Waals surface area contributed by atoms with E-state index in [9.17, 15) is 18.0 Å². The first-order valence-corrected chi connectivity index (χ1v) is 6.78. The van der Waals surface area contributed by atoms with E-state index in [2.05, 4.69) is 10.6 Å². The normalized spacial score (nSPS) is 10.4. The van der Waals surface area contributed by atoms with Gasteiger partial charge in [-0.15, -0.1) is 0 Å². The van der Waals surface area contributed by atoms with Gasteiger partial charge in [0.2, 0.25) is 5.91 Å². The number of halogens is 4. The fourth-order valence-electron chi connectivity index (χ4n) is 1.77. The summed E-state index contributed by atoms with van der Waals surface area (Å²) in [4.78, 5) is 11.7. The number of rotatable bonds is 5. The number of amides is 1. The van der Waals surface area contributed by atoms with Gasteiger partial charge in [-0.2, -0.15) is 0 Å². The molecule has 3 nitrogen and oxygen atoms in total. The molecule has 2 aromatic carbocycles. The second-order valence-corrected chi connectivity index (χ2v) is 4.86. The van der Waals surface area contributed by atoms with Crippen molar-refractivity contribution in [2.75, 3.05) is 17.2 Å². The molecule has 0 aliphatic carbocycles. The van der Waals surface area contributed by atoms with Crippen molar-refractivity contribution in [2.24, 2.45) is 0 Å². The van der Waals surface area contributed by atoms with Crippen LogP contribution in [-0.4, -0.2) is 12.5 Å². The SMILES string of the molecule is O=C(CCNc1c(F)cccc1F)Nc1ccc(F)c(Cl)c1. The maximum atomic E-state index is 13.4. The molecule has 0 saturated heterocycles. The van der Waals surface area contributed by atoms with E-state index in [1.54, 1.807) is 0 Å². The van der Waals surface area contributed by atoms with Gasteiger partial charge in [-0.25, -0.2) is 13.2 Å². The quantitative estimate of drug-likeness (QED) is 0.863. The van der Waals surface area contributed by atoms with Gasteiger partial charge in [0.25, 0.3) is 0 Å². The van der Waals surface area contributed by atoms with Crippen LogP contribution in [0.15, 0.2) is 36.4 Å². The zero-order chi connectivity index (χ0) is 16.1. The molecule has 22 heavy (non-hydrogen) atoms. The Hall–Kier alpha value is -2.21. The van der Waals surface area contributed by atoms with Crippen molar-refractivity contribution in [3.05, 3.63) is 58.9 Å². The second-order valence-electron chi connectivity index (χ2n) is 4.45. The summed E-state index contributed by atoms with van der Waals surface area (Å²) in [6.45, 7) is 0.0403. The highest BCUT2D eigenvalue weighted by Gasteiger charge is 2.09. The smallest absolute Gasteiger partial charge is 0.226 e. The van der Waals surface area contributed by atoms with Gasteiger partial charge >= 0.3 is 0 Å². The molecule has 0 spiro atoms. The Morgan fingerprint density at radius 2 is 1.73 bits per heavy atom. The number of nitrogens with one attached hydrogen (secondary N) is 2. The summed E-state index contributed by atoms with van der Waals surface area (Å²) in [5.74, 6) is -2.44. The highest BCUT2D eigenvalue weighted by Crippen LogP contribution is 2.20. The molecular formula is C15H12ClF3N2O. The Labute approximate surface area is 130 Å². The van der Waals surface area contributed by atoms with E-state index in [-0.39, 0.29) is 23.7 Å². The molecule has 1 amide bonds.